The number of fused-ring (bicyclic) bond motifs is 1. The minimum atomic E-state index is -1.07. The Labute approximate surface area is 339 Å². The number of carboxylic acids is 1. The van der Waals surface area contributed by atoms with E-state index in [0.717, 1.165) is 47.2 Å². The molecule has 0 aromatic heterocycles. The van der Waals surface area contributed by atoms with Crippen LogP contribution >= 0.6 is 0 Å². The predicted octanol–water partition coefficient (Wildman–Crippen LogP) is 5.43. The molecule has 2 amide bonds. The van der Waals surface area contributed by atoms with Gasteiger partial charge in [-0.3, -0.25) is 19.4 Å². The van der Waals surface area contributed by atoms with Gasteiger partial charge in [0.2, 0.25) is 5.91 Å². The summed E-state index contributed by atoms with van der Waals surface area (Å²) in [6.07, 6.45) is 0.720. The third-order valence-electron chi connectivity index (χ3n) is 9.13. The Morgan fingerprint density at radius 3 is 2.10 bits per heavy atom. The van der Waals surface area contributed by atoms with Gasteiger partial charge in [-0.25, -0.2) is 0 Å². The molecular weight excluding hydrogens is 743 g/mol. The maximum Gasteiger partial charge on any atom is 0.305 e. The number of nitrogens with one attached hydrogen (secondary N) is 4. The van der Waals surface area contributed by atoms with Gasteiger partial charge >= 0.3 is 5.97 Å². The minimum absolute atomic E-state index is 0.328. The van der Waals surface area contributed by atoms with E-state index >= 15 is 0 Å². The highest BCUT2D eigenvalue weighted by atomic mass is 16.6. The number of benzene rings is 4. The number of carbonyl (C=O) groups is 3. The van der Waals surface area contributed by atoms with Gasteiger partial charge in [0, 0.05) is 29.8 Å². The van der Waals surface area contributed by atoms with Crippen LogP contribution in [-0.4, -0.2) is 108 Å². The lowest BCUT2D eigenvalue weighted by molar-refractivity contribution is -0.137. The molecule has 1 heterocycles. The second-order valence-electron chi connectivity index (χ2n) is 14.0. The number of hydrogen-bond acceptors (Lipinski definition) is 11. The maximum atomic E-state index is 12.9. The lowest BCUT2D eigenvalue weighted by atomic mass is 9.95. The van der Waals surface area contributed by atoms with E-state index in [0.29, 0.717) is 88.1 Å². The van der Waals surface area contributed by atoms with Crippen LogP contribution in [0, 0.1) is 5.92 Å². The first-order valence-electron chi connectivity index (χ1n) is 19.8. The predicted molar refractivity (Wildman–Crippen MR) is 223 cm³/mol. The van der Waals surface area contributed by atoms with Gasteiger partial charge in [0.05, 0.1) is 71.8 Å². The van der Waals surface area contributed by atoms with E-state index in [-0.39, 0.29) is 13.0 Å². The number of carboxylic acid groups (broad SMARTS) is 1. The van der Waals surface area contributed by atoms with Crippen LogP contribution in [0.4, 0.5) is 5.69 Å². The number of amides is 2. The summed E-state index contributed by atoms with van der Waals surface area (Å²) in [7, 11) is 0. The Morgan fingerprint density at radius 2 is 1.45 bits per heavy atom. The molecular formula is C44H55N5O9. The number of nitrogens with zero attached hydrogens (tertiary/aromatic N) is 1. The molecule has 0 bridgehead atoms. The quantitative estimate of drug-likeness (QED) is 0.0541. The second kappa shape index (κ2) is 23.6. The zero-order chi connectivity index (χ0) is 41.0. The minimum Gasteiger partial charge on any atom is -0.491 e. The fourth-order valence-electron chi connectivity index (χ4n) is 6.13. The lowest BCUT2D eigenvalue weighted by Crippen LogP contribution is -2.39. The van der Waals surface area contributed by atoms with Crippen LogP contribution in [0.5, 0.6) is 5.75 Å². The molecule has 0 radical (unpaired) electrons. The van der Waals surface area contributed by atoms with Crippen molar-refractivity contribution in [3.05, 3.63) is 96.1 Å². The number of carbonyl (C=O) groups excluding carboxylic acids is 2. The molecule has 1 atom stereocenters. The molecule has 58 heavy (non-hydrogen) atoms. The van der Waals surface area contributed by atoms with Crippen molar-refractivity contribution in [3.63, 3.8) is 0 Å². The molecule has 5 N–H and O–H groups in total. The monoisotopic (exact) mass is 797 g/mol. The first-order chi connectivity index (χ1) is 28.3. The molecule has 0 spiro atoms. The Kier molecular flexibility index (Phi) is 17.8. The normalized spacial score (nSPS) is 12.8. The standard InChI is InChI=1S/C44H55N5O9/c1-31(2)16-19-54-20-21-55-22-23-56-24-25-57-26-27-58-40-15-14-36(37-8-3-4-9-38(37)40)32-10-12-33(13-11-32)39(29-42(51)52)49-41(50)30-47-43(53)34-6-5-7-35(28-34)48-44-45-17-18-46-44/h3-15,28,31,39H,16-27,29-30H2,1-2H3,(H,47,53)(H,49,50)(H,51,52)(H2,45,46,48)/t39-/m0/s1. The van der Waals surface area contributed by atoms with E-state index in [1.807, 2.05) is 66.7 Å². The van der Waals surface area contributed by atoms with Crippen LogP contribution < -0.4 is 26.0 Å². The average Bonchev–Trinajstić information content (AvgIpc) is 3.74. The maximum absolute atomic E-state index is 12.9. The summed E-state index contributed by atoms with van der Waals surface area (Å²) in [4.78, 5) is 41.9. The summed E-state index contributed by atoms with van der Waals surface area (Å²) < 4.78 is 28.4. The number of hydrogen-bond donors (Lipinski definition) is 5. The van der Waals surface area contributed by atoms with Gasteiger partial charge in [-0.15, -0.1) is 0 Å². The van der Waals surface area contributed by atoms with Crippen molar-refractivity contribution in [1.29, 1.82) is 0 Å². The number of guanidine groups is 1. The number of aliphatic carboxylic acids is 1. The summed E-state index contributed by atoms with van der Waals surface area (Å²) in [5, 5.41) is 23.2. The summed E-state index contributed by atoms with van der Waals surface area (Å²) in [5.74, 6) is -0.0203. The second-order valence-corrected chi connectivity index (χ2v) is 14.0. The first-order valence-corrected chi connectivity index (χ1v) is 19.8. The van der Waals surface area contributed by atoms with Gasteiger partial charge in [0.25, 0.3) is 5.91 Å². The Bertz CT molecular complexity index is 1950. The van der Waals surface area contributed by atoms with E-state index < -0.39 is 23.8 Å². The van der Waals surface area contributed by atoms with Crippen molar-refractivity contribution in [2.45, 2.75) is 32.7 Å². The van der Waals surface area contributed by atoms with Gasteiger partial charge in [-0.2, -0.15) is 0 Å². The number of ether oxygens (including phenoxy) is 5. The van der Waals surface area contributed by atoms with Crippen LogP contribution in [0.1, 0.15) is 48.7 Å². The zero-order valence-electron chi connectivity index (χ0n) is 33.3. The Balaban J connectivity index is 1.07. The highest BCUT2D eigenvalue weighted by Gasteiger charge is 2.20. The number of anilines is 1. The van der Waals surface area contributed by atoms with Gasteiger partial charge in [-0.1, -0.05) is 74.5 Å². The van der Waals surface area contributed by atoms with Crippen molar-refractivity contribution in [1.82, 2.24) is 16.0 Å². The van der Waals surface area contributed by atoms with Crippen LogP contribution in [0.2, 0.25) is 0 Å². The molecule has 0 fully saturated rings. The summed E-state index contributed by atoms with van der Waals surface area (Å²) in [6, 6.07) is 25.3. The molecule has 1 aliphatic rings. The smallest absolute Gasteiger partial charge is 0.305 e. The number of aliphatic imine (C=N–C) groups is 1. The molecule has 0 aliphatic carbocycles. The van der Waals surface area contributed by atoms with Crippen molar-refractivity contribution >= 4 is 40.2 Å². The van der Waals surface area contributed by atoms with E-state index in [1.54, 1.807) is 18.2 Å². The van der Waals surface area contributed by atoms with E-state index in [1.165, 1.54) is 0 Å². The van der Waals surface area contributed by atoms with E-state index in [2.05, 4.69) is 40.1 Å². The Morgan fingerprint density at radius 1 is 0.776 bits per heavy atom. The van der Waals surface area contributed by atoms with Crippen molar-refractivity contribution in [2.75, 3.05) is 84.4 Å². The molecule has 1 aliphatic heterocycles. The van der Waals surface area contributed by atoms with Crippen molar-refractivity contribution < 1.29 is 43.2 Å². The van der Waals surface area contributed by atoms with E-state index in [9.17, 15) is 19.5 Å². The van der Waals surface area contributed by atoms with E-state index in [4.69, 9.17) is 23.7 Å². The van der Waals surface area contributed by atoms with Crippen LogP contribution in [0.15, 0.2) is 89.9 Å². The fraction of sp³-hybridized carbons (Fsp3) is 0.409. The fourth-order valence-corrected chi connectivity index (χ4v) is 6.13. The SMILES string of the molecule is CC(C)CCOCCOCCOCCOCCOc1ccc(-c2ccc([C@H](CC(=O)O)NC(=O)CNC(=O)c3cccc(NC4=NCCN4)c3)cc2)c2ccccc12. The molecule has 0 unspecified atom stereocenters. The zero-order valence-corrected chi connectivity index (χ0v) is 33.3. The lowest BCUT2D eigenvalue weighted by Gasteiger charge is -2.19. The van der Waals surface area contributed by atoms with Gasteiger partial charge in [0.1, 0.15) is 12.4 Å². The molecule has 0 saturated heterocycles. The highest BCUT2D eigenvalue weighted by molar-refractivity contribution is 6.01. The largest absolute Gasteiger partial charge is 0.491 e. The first kappa shape index (κ1) is 43.6. The van der Waals surface area contributed by atoms with Crippen LogP contribution in [0.3, 0.4) is 0 Å². The van der Waals surface area contributed by atoms with Crippen molar-refractivity contribution in [2.24, 2.45) is 10.9 Å². The van der Waals surface area contributed by atoms with Crippen molar-refractivity contribution in [3.8, 4) is 16.9 Å². The molecule has 4 aromatic rings. The third kappa shape index (κ3) is 14.4. The van der Waals surface area contributed by atoms with Crippen LogP contribution in [-0.2, 0) is 28.5 Å². The summed E-state index contributed by atoms with van der Waals surface area (Å²) in [6.45, 7) is 10.1. The number of rotatable bonds is 25. The Hall–Kier alpha value is -5.54. The molecule has 0 saturated carbocycles. The summed E-state index contributed by atoms with van der Waals surface area (Å²) >= 11 is 0. The molecule has 310 valence electrons. The van der Waals surface area contributed by atoms with Gasteiger partial charge in [-0.05, 0) is 58.7 Å². The average molecular weight is 798 g/mol. The van der Waals surface area contributed by atoms with Gasteiger partial charge in [0.15, 0.2) is 5.96 Å². The molecule has 4 aromatic carbocycles. The van der Waals surface area contributed by atoms with Crippen LogP contribution in [0.25, 0.3) is 21.9 Å². The third-order valence-corrected chi connectivity index (χ3v) is 9.13. The van der Waals surface area contributed by atoms with Gasteiger partial charge < -0.3 is 50.1 Å². The topological polar surface area (TPSA) is 178 Å². The molecule has 5 rings (SSSR count). The summed E-state index contributed by atoms with van der Waals surface area (Å²) in [5.41, 5.74) is 3.54. The highest BCUT2D eigenvalue weighted by Crippen LogP contribution is 2.35. The molecule has 14 nitrogen and oxygen atoms in total. The molecule has 14 heteroatoms.